The first-order chi connectivity index (χ1) is 9.79. The quantitative estimate of drug-likeness (QED) is 0.795. The van der Waals surface area contributed by atoms with Crippen LogP contribution in [0.1, 0.15) is 43.5 Å². The number of benzene rings is 1. The van der Waals surface area contributed by atoms with Crippen LogP contribution in [0.15, 0.2) is 18.2 Å². The molecule has 1 saturated carbocycles. The number of carbonyl (C=O) groups excluding carboxylic acids is 1. The average molecular weight is 311 g/mol. The van der Waals surface area contributed by atoms with Crippen LogP contribution in [0, 0.1) is 5.41 Å². The fourth-order valence-electron chi connectivity index (χ4n) is 2.69. The maximum atomic E-state index is 12.0. The van der Waals surface area contributed by atoms with Gasteiger partial charge in [-0.05, 0) is 36.5 Å². The molecule has 1 atom stereocenters. The molecule has 1 aliphatic rings. The Kier molecular flexibility index (Phi) is 4.42. The summed E-state index contributed by atoms with van der Waals surface area (Å²) in [6.45, 7) is 4.27. The van der Waals surface area contributed by atoms with Gasteiger partial charge in [-0.3, -0.25) is 0 Å². The summed E-state index contributed by atoms with van der Waals surface area (Å²) >= 11 is 5.79. The molecule has 6 heteroatoms. The Labute approximate surface area is 128 Å². The third-order valence-corrected chi connectivity index (χ3v) is 4.35. The second-order valence-corrected chi connectivity index (χ2v) is 6.44. The summed E-state index contributed by atoms with van der Waals surface area (Å²) in [6.07, 6.45) is 3.14. The number of rotatable bonds is 3. The van der Waals surface area contributed by atoms with Crippen LogP contribution >= 0.6 is 11.6 Å². The second kappa shape index (κ2) is 5.93. The Bertz CT molecular complexity index is 572. The number of amides is 2. The van der Waals surface area contributed by atoms with E-state index in [1.165, 1.54) is 12.1 Å². The van der Waals surface area contributed by atoms with Crippen molar-refractivity contribution in [2.45, 2.75) is 39.2 Å². The van der Waals surface area contributed by atoms with Gasteiger partial charge < -0.3 is 15.7 Å². The lowest BCUT2D eigenvalue weighted by atomic mass is 9.87. The first-order valence-corrected chi connectivity index (χ1v) is 7.28. The first kappa shape index (κ1) is 15.6. The number of aromatic carboxylic acids is 1. The molecule has 0 radical (unpaired) electrons. The summed E-state index contributed by atoms with van der Waals surface area (Å²) in [4.78, 5) is 23.0. The van der Waals surface area contributed by atoms with Crippen molar-refractivity contribution >= 4 is 29.3 Å². The molecule has 1 aromatic rings. The molecule has 5 nitrogen and oxygen atoms in total. The minimum absolute atomic E-state index is 0.0318. The van der Waals surface area contributed by atoms with Crippen molar-refractivity contribution in [2.24, 2.45) is 5.41 Å². The van der Waals surface area contributed by atoms with Gasteiger partial charge in [-0.1, -0.05) is 31.9 Å². The highest BCUT2D eigenvalue weighted by molar-refractivity contribution is 6.33. The number of hydrogen-bond acceptors (Lipinski definition) is 2. The van der Waals surface area contributed by atoms with E-state index < -0.39 is 5.97 Å². The number of anilines is 1. The molecule has 3 N–H and O–H groups in total. The normalized spacial score (nSPS) is 20.0. The van der Waals surface area contributed by atoms with Gasteiger partial charge in [0.15, 0.2) is 0 Å². The Morgan fingerprint density at radius 2 is 2.10 bits per heavy atom. The van der Waals surface area contributed by atoms with E-state index in [4.69, 9.17) is 16.7 Å². The first-order valence-electron chi connectivity index (χ1n) is 6.90. The standard InChI is InChI=1S/C15H19ClN2O3/c1-15(2)7-3-4-12(15)18-14(21)17-9-5-6-11(16)10(8-9)13(19)20/h5-6,8,12H,3-4,7H2,1-2H3,(H,19,20)(H2,17,18,21). The molecule has 0 heterocycles. The van der Waals surface area contributed by atoms with Crippen molar-refractivity contribution in [3.8, 4) is 0 Å². The predicted molar refractivity (Wildman–Crippen MR) is 82.0 cm³/mol. The molecule has 0 saturated heterocycles. The third-order valence-electron chi connectivity index (χ3n) is 4.02. The van der Waals surface area contributed by atoms with Gasteiger partial charge in [0.2, 0.25) is 0 Å². The van der Waals surface area contributed by atoms with E-state index in [1.54, 1.807) is 6.07 Å². The van der Waals surface area contributed by atoms with E-state index in [0.29, 0.717) is 5.69 Å². The van der Waals surface area contributed by atoms with E-state index in [1.807, 2.05) is 0 Å². The Morgan fingerprint density at radius 3 is 2.67 bits per heavy atom. The van der Waals surface area contributed by atoms with E-state index in [2.05, 4.69) is 24.5 Å². The molecule has 0 bridgehead atoms. The summed E-state index contributed by atoms with van der Waals surface area (Å²) < 4.78 is 0. The Morgan fingerprint density at radius 1 is 1.38 bits per heavy atom. The lowest BCUT2D eigenvalue weighted by molar-refractivity contribution is 0.0697. The lowest BCUT2D eigenvalue weighted by Crippen LogP contribution is -2.43. The molecule has 2 amide bonds. The fourth-order valence-corrected chi connectivity index (χ4v) is 2.89. The monoisotopic (exact) mass is 310 g/mol. The van der Waals surface area contributed by atoms with Crippen LogP contribution in [0.3, 0.4) is 0 Å². The molecule has 1 unspecified atom stereocenters. The van der Waals surface area contributed by atoms with Gasteiger partial charge in [0.05, 0.1) is 10.6 Å². The highest BCUT2D eigenvalue weighted by Gasteiger charge is 2.35. The van der Waals surface area contributed by atoms with Crippen molar-refractivity contribution in [1.29, 1.82) is 0 Å². The number of carboxylic acids is 1. The molecule has 0 spiro atoms. The third kappa shape index (κ3) is 3.67. The Balaban J connectivity index is 2.03. The number of carboxylic acid groups (broad SMARTS) is 1. The zero-order valence-electron chi connectivity index (χ0n) is 12.1. The van der Waals surface area contributed by atoms with Crippen LogP contribution in [-0.2, 0) is 0 Å². The van der Waals surface area contributed by atoms with Crippen molar-refractivity contribution in [2.75, 3.05) is 5.32 Å². The molecule has 2 rings (SSSR count). The topological polar surface area (TPSA) is 78.4 Å². The molecule has 0 aromatic heterocycles. The molecule has 1 fully saturated rings. The number of hydrogen-bond donors (Lipinski definition) is 3. The van der Waals surface area contributed by atoms with Gasteiger partial charge in [-0.25, -0.2) is 9.59 Å². The highest BCUT2D eigenvalue weighted by atomic mass is 35.5. The zero-order chi connectivity index (χ0) is 15.6. The highest BCUT2D eigenvalue weighted by Crippen LogP contribution is 2.37. The SMILES string of the molecule is CC1(C)CCCC1NC(=O)Nc1ccc(Cl)c(C(=O)O)c1. The van der Waals surface area contributed by atoms with Crippen LogP contribution < -0.4 is 10.6 Å². The van der Waals surface area contributed by atoms with Crippen LogP contribution in [0.4, 0.5) is 10.5 Å². The summed E-state index contributed by atoms with van der Waals surface area (Å²) in [5.74, 6) is -1.12. The minimum atomic E-state index is -1.12. The van der Waals surface area contributed by atoms with Gasteiger partial charge in [0, 0.05) is 11.7 Å². The Hall–Kier alpha value is -1.75. The van der Waals surface area contributed by atoms with Crippen LogP contribution in [-0.4, -0.2) is 23.1 Å². The second-order valence-electron chi connectivity index (χ2n) is 6.03. The van der Waals surface area contributed by atoms with Crippen LogP contribution in [0.5, 0.6) is 0 Å². The number of halogens is 1. The van der Waals surface area contributed by atoms with E-state index >= 15 is 0 Å². The lowest BCUT2D eigenvalue weighted by Gasteiger charge is -2.27. The summed E-state index contributed by atoms with van der Waals surface area (Å²) in [5, 5.41) is 14.8. The predicted octanol–water partition coefficient (Wildman–Crippen LogP) is 3.74. The molecule has 1 aliphatic carbocycles. The van der Waals surface area contributed by atoms with Crippen LogP contribution in [0.2, 0.25) is 5.02 Å². The molecule has 21 heavy (non-hydrogen) atoms. The molecule has 1 aromatic carbocycles. The summed E-state index contributed by atoms with van der Waals surface area (Å²) in [6, 6.07) is 4.19. The van der Waals surface area contributed by atoms with E-state index in [0.717, 1.165) is 19.3 Å². The van der Waals surface area contributed by atoms with Crippen molar-refractivity contribution in [3.63, 3.8) is 0 Å². The van der Waals surface area contributed by atoms with Crippen molar-refractivity contribution in [3.05, 3.63) is 28.8 Å². The van der Waals surface area contributed by atoms with E-state index in [-0.39, 0.29) is 28.1 Å². The molecular weight excluding hydrogens is 292 g/mol. The zero-order valence-corrected chi connectivity index (χ0v) is 12.8. The van der Waals surface area contributed by atoms with Gasteiger partial charge in [0.1, 0.15) is 0 Å². The minimum Gasteiger partial charge on any atom is -0.478 e. The average Bonchev–Trinajstić information content (AvgIpc) is 2.71. The van der Waals surface area contributed by atoms with Gasteiger partial charge in [-0.2, -0.15) is 0 Å². The van der Waals surface area contributed by atoms with Gasteiger partial charge in [-0.15, -0.1) is 0 Å². The molecule has 0 aliphatic heterocycles. The van der Waals surface area contributed by atoms with Crippen molar-refractivity contribution < 1.29 is 14.7 Å². The van der Waals surface area contributed by atoms with Crippen molar-refractivity contribution in [1.82, 2.24) is 5.32 Å². The number of urea groups is 1. The van der Waals surface area contributed by atoms with Gasteiger partial charge >= 0.3 is 12.0 Å². The summed E-state index contributed by atoms with van der Waals surface area (Å²) in [7, 11) is 0. The fraction of sp³-hybridized carbons (Fsp3) is 0.467. The van der Waals surface area contributed by atoms with Gasteiger partial charge in [0.25, 0.3) is 0 Å². The number of carbonyl (C=O) groups is 2. The largest absolute Gasteiger partial charge is 0.478 e. The molecular formula is C15H19ClN2O3. The summed E-state index contributed by atoms with van der Waals surface area (Å²) in [5.41, 5.74) is 0.463. The maximum absolute atomic E-state index is 12.0. The number of nitrogens with one attached hydrogen (secondary N) is 2. The van der Waals surface area contributed by atoms with Crippen LogP contribution in [0.25, 0.3) is 0 Å². The molecule has 114 valence electrons. The maximum Gasteiger partial charge on any atom is 0.337 e. The van der Waals surface area contributed by atoms with E-state index in [9.17, 15) is 9.59 Å². The smallest absolute Gasteiger partial charge is 0.337 e.